The Balaban J connectivity index is 2.93. The second kappa shape index (κ2) is 18.7. The summed E-state index contributed by atoms with van der Waals surface area (Å²) in [6.45, 7) is 2.29. The molecule has 0 saturated heterocycles. The Morgan fingerprint density at radius 3 is 1.14 bits per heavy atom. The van der Waals surface area contributed by atoms with Gasteiger partial charge in [-0.15, -0.1) is 0 Å². The predicted octanol–water partition coefficient (Wildman–Crippen LogP) is 7.39. The molecule has 0 aromatic carbocycles. The Morgan fingerprint density at radius 2 is 0.857 bits per heavy atom. The van der Waals surface area contributed by atoms with E-state index in [9.17, 15) is 0 Å². The lowest BCUT2D eigenvalue weighted by Gasteiger charge is -2.04. The van der Waals surface area contributed by atoms with Crippen LogP contribution < -0.4 is 0 Å². The molecule has 0 spiro atoms. The van der Waals surface area contributed by atoms with Crippen LogP contribution >= 0.6 is 22.6 Å². The van der Waals surface area contributed by atoms with Crippen LogP contribution in [-0.2, 0) is 0 Å². The molecule has 1 nitrogen and oxygen atoms in total. The second-order valence-corrected chi connectivity index (χ2v) is 7.96. The maximum atomic E-state index is 9.15. The summed E-state index contributed by atoms with van der Waals surface area (Å²) in [6.07, 6.45) is 23.5. The zero-order chi connectivity index (χ0) is 15.6. The molecule has 21 heavy (non-hydrogen) atoms. The van der Waals surface area contributed by atoms with Crippen molar-refractivity contribution in [2.75, 3.05) is 0 Å². The molecule has 0 fully saturated rings. The van der Waals surface area contributed by atoms with Gasteiger partial charge in [0.25, 0.3) is 0 Å². The predicted molar refractivity (Wildman–Crippen MR) is 104 cm³/mol. The summed E-state index contributed by atoms with van der Waals surface area (Å²) in [7, 11) is 0. The van der Waals surface area contributed by atoms with E-state index in [1.54, 1.807) is 0 Å². The van der Waals surface area contributed by atoms with Gasteiger partial charge in [0.15, 0.2) is 0 Å². The van der Waals surface area contributed by atoms with Crippen LogP contribution in [0.1, 0.15) is 116 Å². The first-order valence-electron chi connectivity index (χ1n) is 9.59. The first-order chi connectivity index (χ1) is 10.3. The van der Waals surface area contributed by atoms with Crippen LogP contribution in [-0.4, -0.2) is 9.22 Å². The number of unbranched alkanes of at least 4 members (excludes halogenated alkanes) is 15. The van der Waals surface area contributed by atoms with Gasteiger partial charge in [0, 0.05) is 0 Å². The molecule has 0 radical (unpaired) electrons. The molecule has 0 aliphatic rings. The Kier molecular flexibility index (Phi) is 19.4. The van der Waals surface area contributed by atoms with Gasteiger partial charge in [0.1, 0.15) is 4.11 Å². The second-order valence-electron chi connectivity index (χ2n) is 6.53. The fourth-order valence-corrected chi connectivity index (χ4v) is 3.30. The minimum atomic E-state index is -0.130. The summed E-state index contributed by atoms with van der Waals surface area (Å²) in [4.78, 5) is 0. The van der Waals surface area contributed by atoms with E-state index in [4.69, 9.17) is 5.11 Å². The molecule has 0 bridgehead atoms. The summed E-state index contributed by atoms with van der Waals surface area (Å²) in [6, 6.07) is 0. The molecule has 0 aliphatic heterocycles. The van der Waals surface area contributed by atoms with E-state index in [1.807, 2.05) is 0 Å². The molecular formula is C19H39IO. The van der Waals surface area contributed by atoms with Crippen molar-refractivity contribution < 1.29 is 5.11 Å². The maximum Gasteiger partial charge on any atom is 0.105 e. The molecule has 0 heterocycles. The highest BCUT2D eigenvalue weighted by Gasteiger charge is 1.97. The van der Waals surface area contributed by atoms with E-state index in [0.717, 1.165) is 6.42 Å². The molecule has 2 heteroatoms. The third-order valence-corrected chi connectivity index (χ3v) is 4.92. The van der Waals surface area contributed by atoms with Crippen molar-refractivity contribution in [1.29, 1.82) is 0 Å². The highest BCUT2D eigenvalue weighted by Crippen LogP contribution is 2.14. The Morgan fingerprint density at radius 1 is 0.571 bits per heavy atom. The van der Waals surface area contributed by atoms with Gasteiger partial charge in [-0.1, -0.05) is 132 Å². The van der Waals surface area contributed by atoms with Crippen molar-refractivity contribution in [3.05, 3.63) is 0 Å². The third-order valence-electron chi connectivity index (χ3n) is 4.30. The van der Waals surface area contributed by atoms with Gasteiger partial charge in [-0.3, -0.25) is 0 Å². The number of rotatable bonds is 17. The summed E-state index contributed by atoms with van der Waals surface area (Å²) < 4.78 is -0.130. The van der Waals surface area contributed by atoms with E-state index in [2.05, 4.69) is 29.5 Å². The van der Waals surface area contributed by atoms with Gasteiger partial charge in [0.2, 0.25) is 0 Å². The van der Waals surface area contributed by atoms with Crippen LogP contribution in [0.2, 0.25) is 0 Å². The highest BCUT2D eigenvalue weighted by molar-refractivity contribution is 14.1. The van der Waals surface area contributed by atoms with E-state index in [-0.39, 0.29) is 4.11 Å². The normalized spacial score (nSPS) is 12.7. The van der Waals surface area contributed by atoms with Crippen LogP contribution in [0.3, 0.4) is 0 Å². The minimum Gasteiger partial charge on any atom is -0.383 e. The monoisotopic (exact) mass is 410 g/mol. The lowest BCUT2D eigenvalue weighted by molar-refractivity contribution is 0.263. The number of aliphatic hydroxyl groups is 1. The molecule has 0 rings (SSSR count). The van der Waals surface area contributed by atoms with Gasteiger partial charge in [-0.05, 0) is 6.42 Å². The number of alkyl halides is 1. The first-order valence-corrected chi connectivity index (χ1v) is 10.8. The molecule has 1 N–H and O–H groups in total. The van der Waals surface area contributed by atoms with E-state index in [1.165, 1.54) is 103 Å². The Labute approximate surface area is 147 Å². The smallest absolute Gasteiger partial charge is 0.105 e. The largest absolute Gasteiger partial charge is 0.383 e. The summed E-state index contributed by atoms with van der Waals surface area (Å²) in [5.41, 5.74) is 0. The molecule has 0 aliphatic carbocycles. The van der Waals surface area contributed by atoms with Crippen molar-refractivity contribution in [3.63, 3.8) is 0 Å². The topological polar surface area (TPSA) is 20.2 Å². The van der Waals surface area contributed by atoms with E-state index >= 15 is 0 Å². The fraction of sp³-hybridized carbons (Fsp3) is 1.00. The molecule has 0 aromatic rings. The molecule has 128 valence electrons. The molecule has 1 unspecified atom stereocenters. The van der Waals surface area contributed by atoms with Gasteiger partial charge >= 0.3 is 0 Å². The van der Waals surface area contributed by atoms with Crippen molar-refractivity contribution in [2.24, 2.45) is 0 Å². The average molecular weight is 410 g/mol. The molecule has 0 amide bonds. The van der Waals surface area contributed by atoms with Crippen molar-refractivity contribution in [3.8, 4) is 0 Å². The van der Waals surface area contributed by atoms with Gasteiger partial charge in [-0.2, -0.15) is 0 Å². The maximum absolute atomic E-state index is 9.15. The summed E-state index contributed by atoms with van der Waals surface area (Å²) >= 11 is 2.10. The number of halogens is 1. The van der Waals surface area contributed by atoms with Crippen LogP contribution in [0, 0.1) is 0 Å². The average Bonchev–Trinajstić information content (AvgIpc) is 2.46. The fourth-order valence-electron chi connectivity index (χ4n) is 2.86. The quantitative estimate of drug-likeness (QED) is 0.151. The van der Waals surface area contributed by atoms with Crippen LogP contribution in [0.25, 0.3) is 0 Å². The molecule has 0 saturated carbocycles. The number of hydrogen-bond donors (Lipinski definition) is 1. The zero-order valence-electron chi connectivity index (χ0n) is 14.4. The Bertz CT molecular complexity index is 182. The van der Waals surface area contributed by atoms with Crippen molar-refractivity contribution >= 4 is 22.6 Å². The zero-order valence-corrected chi connectivity index (χ0v) is 16.6. The van der Waals surface area contributed by atoms with E-state index in [0.29, 0.717) is 0 Å². The minimum absolute atomic E-state index is 0.130. The van der Waals surface area contributed by atoms with E-state index < -0.39 is 0 Å². The Hall–Kier alpha value is 0.690. The molecular weight excluding hydrogens is 371 g/mol. The number of aliphatic hydroxyl groups excluding tert-OH is 1. The van der Waals surface area contributed by atoms with Crippen LogP contribution in [0.4, 0.5) is 0 Å². The lowest BCUT2D eigenvalue weighted by Crippen LogP contribution is -1.93. The number of hydrogen-bond acceptors (Lipinski definition) is 1. The van der Waals surface area contributed by atoms with Crippen molar-refractivity contribution in [1.82, 2.24) is 0 Å². The van der Waals surface area contributed by atoms with Gasteiger partial charge in [-0.25, -0.2) is 0 Å². The third kappa shape index (κ3) is 20.7. The standard InChI is InChI=1S/C19H39IO/c1-2-3-4-5-6-7-8-9-10-11-12-13-14-15-16-17-18-19(20)21/h19,21H,2-18H2,1H3. The van der Waals surface area contributed by atoms with Gasteiger partial charge < -0.3 is 5.11 Å². The van der Waals surface area contributed by atoms with Crippen LogP contribution in [0.15, 0.2) is 0 Å². The molecule has 0 aromatic heterocycles. The SMILES string of the molecule is CCCCCCCCCCCCCCCCCCC(O)I. The summed E-state index contributed by atoms with van der Waals surface area (Å²) in [5.74, 6) is 0. The van der Waals surface area contributed by atoms with Crippen LogP contribution in [0.5, 0.6) is 0 Å². The van der Waals surface area contributed by atoms with Crippen molar-refractivity contribution in [2.45, 2.75) is 120 Å². The lowest BCUT2D eigenvalue weighted by atomic mass is 10.0. The highest BCUT2D eigenvalue weighted by atomic mass is 127. The van der Waals surface area contributed by atoms with Gasteiger partial charge in [0.05, 0.1) is 0 Å². The molecule has 1 atom stereocenters. The first kappa shape index (κ1) is 21.7. The summed E-state index contributed by atoms with van der Waals surface area (Å²) in [5, 5.41) is 9.15.